The maximum atomic E-state index is 13.2. The van der Waals surface area contributed by atoms with Gasteiger partial charge in [-0.15, -0.1) is 0 Å². The first-order valence-corrected chi connectivity index (χ1v) is 9.54. The molecule has 2 aromatic heterocycles. The highest BCUT2D eigenvalue weighted by molar-refractivity contribution is 6.06. The van der Waals surface area contributed by atoms with E-state index in [0.29, 0.717) is 37.4 Å². The number of phenols is 1. The van der Waals surface area contributed by atoms with Gasteiger partial charge in [-0.3, -0.25) is 14.3 Å². The average molecular weight is 393 g/mol. The number of rotatable bonds is 2. The first-order valence-electron chi connectivity index (χ1n) is 9.54. The fourth-order valence-electron chi connectivity index (χ4n) is 3.85. The van der Waals surface area contributed by atoms with Gasteiger partial charge in [0.2, 0.25) is 0 Å². The van der Waals surface area contributed by atoms with Crippen molar-refractivity contribution in [3.05, 3.63) is 52.8 Å². The highest BCUT2D eigenvalue weighted by atomic mass is 16.3. The maximum absolute atomic E-state index is 13.2. The second kappa shape index (κ2) is 7.20. The molecule has 150 valence electrons. The van der Waals surface area contributed by atoms with Crippen LogP contribution in [0.2, 0.25) is 0 Å². The van der Waals surface area contributed by atoms with Crippen LogP contribution in [0.1, 0.15) is 32.1 Å². The van der Waals surface area contributed by atoms with Crippen molar-refractivity contribution in [2.24, 2.45) is 7.05 Å². The summed E-state index contributed by atoms with van der Waals surface area (Å²) in [6.45, 7) is 5.43. The minimum absolute atomic E-state index is 0.0299. The molecule has 3 heterocycles. The number of aromatic hydroxyl groups is 1. The van der Waals surface area contributed by atoms with Crippen molar-refractivity contribution in [2.45, 2.75) is 13.8 Å². The van der Waals surface area contributed by atoms with Gasteiger partial charge in [-0.1, -0.05) is 12.1 Å². The van der Waals surface area contributed by atoms with Crippen LogP contribution in [-0.4, -0.2) is 67.7 Å². The minimum atomic E-state index is -0.222. The summed E-state index contributed by atoms with van der Waals surface area (Å²) in [5.74, 6) is -0.329. The van der Waals surface area contributed by atoms with E-state index in [-0.39, 0.29) is 23.1 Å². The van der Waals surface area contributed by atoms with E-state index in [0.717, 1.165) is 16.8 Å². The molecule has 0 saturated carbocycles. The Morgan fingerprint density at radius 2 is 1.55 bits per heavy atom. The third kappa shape index (κ3) is 3.30. The molecule has 8 heteroatoms. The van der Waals surface area contributed by atoms with Gasteiger partial charge in [0.15, 0.2) is 5.65 Å². The molecule has 0 bridgehead atoms. The van der Waals surface area contributed by atoms with Crippen LogP contribution in [0, 0.1) is 13.8 Å². The van der Waals surface area contributed by atoms with Crippen LogP contribution in [-0.2, 0) is 7.05 Å². The normalized spacial score (nSPS) is 14.4. The molecule has 0 unspecified atom stereocenters. The van der Waals surface area contributed by atoms with Gasteiger partial charge in [-0.25, -0.2) is 4.98 Å². The van der Waals surface area contributed by atoms with Crippen molar-refractivity contribution in [3.8, 4) is 5.75 Å². The van der Waals surface area contributed by atoms with E-state index >= 15 is 0 Å². The number of carbonyl (C=O) groups excluding carboxylic acids is 2. The Labute approximate surface area is 168 Å². The Bertz CT molecular complexity index is 1110. The lowest BCUT2D eigenvalue weighted by Crippen LogP contribution is -2.50. The molecule has 1 aromatic carbocycles. The number of phenolic OH excluding ortho intramolecular Hbond substituents is 1. The third-order valence-corrected chi connectivity index (χ3v) is 5.32. The molecule has 0 atom stereocenters. The molecule has 8 nitrogen and oxygen atoms in total. The number of hydrogen-bond acceptors (Lipinski definition) is 5. The van der Waals surface area contributed by atoms with Gasteiger partial charge in [0.1, 0.15) is 5.75 Å². The van der Waals surface area contributed by atoms with Crippen molar-refractivity contribution < 1.29 is 14.7 Å². The number of carbonyl (C=O) groups is 2. The van der Waals surface area contributed by atoms with E-state index in [2.05, 4.69) is 10.1 Å². The molecule has 0 spiro atoms. The van der Waals surface area contributed by atoms with Crippen LogP contribution in [0.3, 0.4) is 0 Å². The Morgan fingerprint density at radius 1 is 0.966 bits per heavy atom. The summed E-state index contributed by atoms with van der Waals surface area (Å²) >= 11 is 0. The first kappa shape index (κ1) is 18.9. The number of hydrogen-bond donors (Lipinski definition) is 1. The lowest BCUT2D eigenvalue weighted by Gasteiger charge is -2.35. The Balaban J connectivity index is 1.54. The predicted molar refractivity (Wildman–Crippen MR) is 108 cm³/mol. The topological polar surface area (TPSA) is 91.6 Å². The molecule has 0 radical (unpaired) electrons. The Hall–Kier alpha value is -3.42. The molecule has 3 aromatic rings. The summed E-state index contributed by atoms with van der Waals surface area (Å²) < 4.78 is 1.69. The van der Waals surface area contributed by atoms with Crippen LogP contribution in [0.15, 0.2) is 30.3 Å². The van der Waals surface area contributed by atoms with Crippen LogP contribution < -0.4 is 0 Å². The lowest BCUT2D eigenvalue weighted by molar-refractivity contribution is 0.0534. The number of para-hydroxylation sites is 1. The molecule has 1 N–H and O–H groups in total. The van der Waals surface area contributed by atoms with Crippen molar-refractivity contribution in [2.75, 3.05) is 26.2 Å². The van der Waals surface area contributed by atoms with Crippen LogP contribution in [0.25, 0.3) is 11.0 Å². The van der Waals surface area contributed by atoms with Gasteiger partial charge < -0.3 is 14.9 Å². The molecular formula is C21H23N5O3. The van der Waals surface area contributed by atoms with Gasteiger partial charge in [0.05, 0.1) is 22.2 Å². The molecule has 0 aliphatic carbocycles. The number of pyridine rings is 1. The van der Waals surface area contributed by atoms with Crippen LogP contribution in [0.5, 0.6) is 5.75 Å². The van der Waals surface area contributed by atoms with E-state index in [4.69, 9.17) is 0 Å². The van der Waals surface area contributed by atoms with Gasteiger partial charge in [0.25, 0.3) is 11.8 Å². The van der Waals surface area contributed by atoms with Gasteiger partial charge >= 0.3 is 0 Å². The number of piperazine rings is 1. The van der Waals surface area contributed by atoms with E-state index in [1.165, 1.54) is 6.07 Å². The maximum Gasteiger partial charge on any atom is 0.257 e. The Kier molecular flexibility index (Phi) is 4.70. The number of fused-ring (bicyclic) bond motifs is 1. The fourth-order valence-corrected chi connectivity index (χ4v) is 3.85. The van der Waals surface area contributed by atoms with E-state index in [9.17, 15) is 14.7 Å². The van der Waals surface area contributed by atoms with Crippen LogP contribution in [0.4, 0.5) is 0 Å². The molecule has 4 rings (SSSR count). The number of aromatic nitrogens is 3. The monoisotopic (exact) mass is 393 g/mol. The highest BCUT2D eigenvalue weighted by Gasteiger charge is 2.28. The second-order valence-corrected chi connectivity index (χ2v) is 7.32. The number of benzene rings is 1. The number of aryl methyl sites for hydroxylation is 3. The summed E-state index contributed by atoms with van der Waals surface area (Å²) in [7, 11) is 1.82. The van der Waals surface area contributed by atoms with Crippen LogP contribution >= 0.6 is 0 Å². The van der Waals surface area contributed by atoms with E-state index in [1.807, 2.05) is 20.9 Å². The predicted octanol–water partition coefficient (Wildman–Crippen LogP) is 1.89. The van der Waals surface area contributed by atoms with Crippen molar-refractivity contribution in [3.63, 3.8) is 0 Å². The fraction of sp³-hybridized carbons (Fsp3) is 0.333. The highest BCUT2D eigenvalue weighted by Crippen LogP contribution is 2.24. The quantitative estimate of drug-likeness (QED) is 0.718. The summed E-state index contributed by atoms with van der Waals surface area (Å²) in [4.78, 5) is 33.9. The average Bonchev–Trinajstić information content (AvgIpc) is 3.00. The molecule has 29 heavy (non-hydrogen) atoms. The minimum Gasteiger partial charge on any atom is -0.507 e. The molecular weight excluding hydrogens is 370 g/mol. The Morgan fingerprint density at radius 3 is 2.17 bits per heavy atom. The molecule has 1 saturated heterocycles. The van der Waals surface area contributed by atoms with Crippen molar-refractivity contribution >= 4 is 22.8 Å². The zero-order valence-electron chi connectivity index (χ0n) is 16.7. The third-order valence-electron chi connectivity index (χ3n) is 5.32. The largest absolute Gasteiger partial charge is 0.507 e. The zero-order valence-corrected chi connectivity index (χ0v) is 16.7. The van der Waals surface area contributed by atoms with Gasteiger partial charge in [-0.2, -0.15) is 5.10 Å². The SMILES string of the molecule is Cc1cc(C(=O)N2CCN(C(=O)c3ccccc3O)CC2)c2c(C)nn(C)c2n1. The van der Waals surface area contributed by atoms with E-state index in [1.54, 1.807) is 38.7 Å². The van der Waals surface area contributed by atoms with Gasteiger partial charge in [-0.05, 0) is 32.0 Å². The summed E-state index contributed by atoms with van der Waals surface area (Å²) in [5.41, 5.74) is 3.10. The number of nitrogens with zero attached hydrogens (tertiary/aromatic N) is 5. The number of amides is 2. The molecule has 1 aliphatic heterocycles. The smallest absolute Gasteiger partial charge is 0.257 e. The molecule has 1 fully saturated rings. The second-order valence-electron chi connectivity index (χ2n) is 7.32. The molecule has 1 aliphatic rings. The lowest BCUT2D eigenvalue weighted by atomic mass is 10.1. The molecule has 2 amide bonds. The summed E-state index contributed by atoms with van der Waals surface area (Å²) in [6, 6.07) is 8.32. The van der Waals surface area contributed by atoms with Crippen molar-refractivity contribution in [1.82, 2.24) is 24.6 Å². The van der Waals surface area contributed by atoms with E-state index < -0.39 is 0 Å². The standard InChI is InChI=1S/C21H23N5O3/c1-13-12-16(18-14(2)23-24(3)19(18)22-13)21(29)26-10-8-25(9-11-26)20(28)15-6-4-5-7-17(15)27/h4-7,12,27H,8-11H2,1-3H3. The van der Waals surface area contributed by atoms with Crippen molar-refractivity contribution in [1.29, 1.82) is 0 Å². The first-order chi connectivity index (χ1) is 13.9. The zero-order chi connectivity index (χ0) is 20.7. The summed E-state index contributed by atoms with van der Waals surface area (Å²) in [5, 5.41) is 15.1. The summed E-state index contributed by atoms with van der Waals surface area (Å²) in [6.07, 6.45) is 0. The van der Waals surface area contributed by atoms with Gasteiger partial charge in [0, 0.05) is 38.9 Å².